The van der Waals surface area contributed by atoms with Crippen molar-refractivity contribution in [1.29, 1.82) is 0 Å². The maximum atomic E-state index is 12.9. The average Bonchev–Trinajstić information content (AvgIpc) is 3.27. The van der Waals surface area contributed by atoms with Crippen LogP contribution in [-0.2, 0) is 14.8 Å². The number of nitrogens with one attached hydrogen (secondary N) is 1. The highest BCUT2D eigenvalue weighted by atomic mass is 35.5. The van der Waals surface area contributed by atoms with Crippen LogP contribution in [0.3, 0.4) is 0 Å². The summed E-state index contributed by atoms with van der Waals surface area (Å²) in [6, 6.07) is 15.9. The molecule has 1 N–H and O–H groups in total. The predicted molar refractivity (Wildman–Crippen MR) is 123 cm³/mol. The standard InChI is InChI=1S/C22H21ClN2O4S2/c1-15-2-7-18(31(27,28)25-10-12-29-13-11-25)14-19(15)24-22(26)21-9-8-20(30-21)16-3-5-17(23)6-4-16/h2-9,14H,10-13H2,1H3,(H,24,26). The largest absolute Gasteiger partial charge is 0.379 e. The first kappa shape index (κ1) is 22.0. The summed E-state index contributed by atoms with van der Waals surface area (Å²) in [7, 11) is -3.64. The molecule has 0 aliphatic carbocycles. The molecule has 1 aromatic heterocycles. The van der Waals surface area contributed by atoms with E-state index in [1.54, 1.807) is 30.3 Å². The molecule has 1 aliphatic heterocycles. The Morgan fingerprint density at radius 2 is 1.77 bits per heavy atom. The van der Waals surface area contributed by atoms with Crippen molar-refractivity contribution in [1.82, 2.24) is 4.31 Å². The van der Waals surface area contributed by atoms with Crippen molar-refractivity contribution >= 4 is 44.6 Å². The number of thiophene rings is 1. The van der Waals surface area contributed by atoms with Gasteiger partial charge in [0.2, 0.25) is 10.0 Å². The van der Waals surface area contributed by atoms with Gasteiger partial charge in [0.05, 0.1) is 23.0 Å². The third-order valence-electron chi connectivity index (χ3n) is 5.02. The molecule has 0 unspecified atom stereocenters. The number of hydrogen-bond donors (Lipinski definition) is 1. The van der Waals surface area contributed by atoms with Crippen molar-refractivity contribution in [3.05, 3.63) is 70.1 Å². The molecular formula is C22H21ClN2O4S2. The van der Waals surface area contributed by atoms with Gasteiger partial charge in [-0.15, -0.1) is 11.3 Å². The SMILES string of the molecule is Cc1ccc(S(=O)(=O)N2CCOCC2)cc1NC(=O)c1ccc(-c2ccc(Cl)cc2)s1. The first-order valence-corrected chi connectivity index (χ1v) is 12.3. The van der Waals surface area contributed by atoms with Gasteiger partial charge in [0.1, 0.15) is 0 Å². The lowest BCUT2D eigenvalue weighted by molar-refractivity contribution is 0.0730. The number of carbonyl (C=O) groups excluding carboxylic acids is 1. The number of carbonyl (C=O) groups is 1. The molecule has 162 valence electrons. The quantitative estimate of drug-likeness (QED) is 0.581. The van der Waals surface area contributed by atoms with Crippen LogP contribution in [0.15, 0.2) is 59.5 Å². The minimum atomic E-state index is -3.64. The Morgan fingerprint density at radius 1 is 1.06 bits per heavy atom. The third-order valence-corrected chi connectivity index (χ3v) is 8.30. The summed E-state index contributed by atoms with van der Waals surface area (Å²) in [4.78, 5) is 14.5. The Hall–Kier alpha value is -2.23. The number of morpholine rings is 1. The molecule has 1 amide bonds. The van der Waals surface area contributed by atoms with Crippen LogP contribution < -0.4 is 5.32 Å². The van der Waals surface area contributed by atoms with E-state index in [1.807, 2.05) is 25.1 Å². The van der Waals surface area contributed by atoms with E-state index in [0.29, 0.717) is 41.9 Å². The van der Waals surface area contributed by atoms with Gasteiger partial charge in [-0.25, -0.2) is 8.42 Å². The molecule has 0 spiro atoms. The van der Waals surface area contributed by atoms with E-state index >= 15 is 0 Å². The highest BCUT2D eigenvalue weighted by Crippen LogP contribution is 2.30. The zero-order valence-corrected chi connectivity index (χ0v) is 19.2. The van der Waals surface area contributed by atoms with Crippen LogP contribution in [-0.4, -0.2) is 44.9 Å². The third kappa shape index (κ3) is 4.83. The zero-order valence-electron chi connectivity index (χ0n) is 16.8. The first-order valence-electron chi connectivity index (χ1n) is 9.70. The van der Waals surface area contributed by atoms with Crippen molar-refractivity contribution in [2.75, 3.05) is 31.6 Å². The Bertz CT molecular complexity index is 1200. The topological polar surface area (TPSA) is 75.7 Å². The molecular weight excluding hydrogens is 456 g/mol. The summed E-state index contributed by atoms with van der Waals surface area (Å²) < 4.78 is 32.5. The van der Waals surface area contributed by atoms with Crippen molar-refractivity contribution in [3.63, 3.8) is 0 Å². The van der Waals surface area contributed by atoms with Gasteiger partial charge in [0.25, 0.3) is 5.91 Å². The van der Waals surface area contributed by atoms with Gasteiger partial charge < -0.3 is 10.1 Å². The molecule has 0 bridgehead atoms. The monoisotopic (exact) mass is 476 g/mol. The van der Waals surface area contributed by atoms with Crippen LogP contribution in [0.4, 0.5) is 5.69 Å². The Morgan fingerprint density at radius 3 is 2.48 bits per heavy atom. The van der Waals surface area contributed by atoms with Crippen LogP contribution in [0.5, 0.6) is 0 Å². The van der Waals surface area contributed by atoms with Gasteiger partial charge in [0.15, 0.2) is 0 Å². The van der Waals surface area contributed by atoms with Gasteiger partial charge in [-0.05, 0) is 54.4 Å². The minimum absolute atomic E-state index is 0.156. The van der Waals surface area contributed by atoms with E-state index in [4.69, 9.17) is 16.3 Å². The highest BCUT2D eigenvalue weighted by molar-refractivity contribution is 7.89. The first-order chi connectivity index (χ1) is 14.8. The van der Waals surface area contributed by atoms with Gasteiger partial charge in [-0.2, -0.15) is 4.31 Å². The fourth-order valence-corrected chi connectivity index (χ4v) is 5.71. The molecule has 31 heavy (non-hydrogen) atoms. The number of benzene rings is 2. The summed E-state index contributed by atoms with van der Waals surface area (Å²) in [6.07, 6.45) is 0. The molecule has 2 heterocycles. The Kier molecular flexibility index (Phi) is 6.45. The van der Waals surface area contributed by atoms with Crippen molar-refractivity contribution < 1.29 is 17.9 Å². The van der Waals surface area contributed by atoms with Gasteiger partial charge >= 0.3 is 0 Å². The molecule has 3 aromatic rings. The molecule has 2 aromatic carbocycles. The summed E-state index contributed by atoms with van der Waals surface area (Å²) >= 11 is 7.30. The number of amides is 1. The molecule has 1 fully saturated rings. The normalized spacial score (nSPS) is 15.0. The van der Waals surface area contributed by atoms with Crippen LogP contribution in [0.25, 0.3) is 10.4 Å². The number of nitrogens with zero attached hydrogens (tertiary/aromatic N) is 1. The van der Waals surface area contributed by atoms with E-state index in [0.717, 1.165) is 16.0 Å². The van der Waals surface area contributed by atoms with Crippen LogP contribution in [0, 0.1) is 6.92 Å². The second kappa shape index (κ2) is 9.10. The summed E-state index contributed by atoms with van der Waals surface area (Å²) in [6.45, 7) is 3.22. The maximum Gasteiger partial charge on any atom is 0.265 e. The minimum Gasteiger partial charge on any atom is -0.379 e. The van der Waals surface area contributed by atoms with Crippen molar-refractivity contribution in [2.45, 2.75) is 11.8 Å². The van der Waals surface area contributed by atoms with E-state index in [2.05, 4.69) is 5.32 Å². The number of halogens is 1. The lowest BCUT2D eigenvalue weighted by atomic mass is 10.2. The summed E-state index contributed by atoms with van der Waals surface area (Å²) in [5, 5.41) is 3.51. The second-order valence-corrected chi connectivity index (χ2v) is 10.6. The predicted octanol–water partition coefficient (Wildman–Crippen LogP) is 4.65. The van der Waals surface area contributed by atoms with E-state index in [1.165, 1.54) is 21.7 Å². The number of sulfonamides is 1. The average molecular weight is 477 g/mol. The van der Waals surface area contributed by atoms with Crippen LogP contribution in [0.1, 0.15) is 15.2 Å². The number of aryl methyl sites for hydroxylation is 1. The zero-order chi connectivity index (χ0) is 22.0. The van der Waals surface area contributed by atoms with Gasteiger partial charge in [-0.3, -0.25) is 4.79 Å². The second-order valence-electron chi connectivity index (χ2n) is 7.12. The van der Waals surface area contributed by atoms with Crippen molar-refractivity contribution in [3.8, 4) is 10.4 Å². The molecule has 0 radical (unpaired) electrons. The smallest absolute Gasteiger partial charge is 0.265 e. The molecule has 1 aliphatic rings. The fourth-order valence-electron chi connectivity index (χ4n) is 3.25. The summed E-state index contributed by atoms with van der Waals surface area (Å²) in [5.41, 5.74) is 2.23. The number of rotatable bonds is 5. The lowest BCUT2D eigenvalue weighted by Crippen LogP contribution is -2.40. The fraction of sp³-hybridized carbons (Fsp3) is 0.227. The molecule has 9 heteroatoms. The molecule has 6 nitrogen and oxygen atoms in total. The van der Waals surface area contributed by atoms with Gasteiger partial charge in [-0.1, -0.05) is 29.8 Å². The molecule has 0 atom stereocenters. The Balaban J connectivity index is 1.55. The van der Waals surface area contributed by atoms with E-state index in [9.17, 15) is 13.2 Å². The molecule has 0 saturated carbocycles. The number of anilines is 1. The molecule has 4 rings (SSSR count). The van der Waals surface area contributed by atoms with Crippen LogP contribution in [0.2, 0.25) is 5.02 Å². The lowest BCUT2D eigenvalue weighted by Gasteiger charge is -2.26. The maximum absolute atomic E-state index is 12.9. The van der Waals surface area contributed by atoms with Crippen molar-refractivity contribution in [2.24, 2.45) is 0 Å². The number of hydrogen-bond acceptors (Lipinski definition) is 5. The van der Waals surface area contributed by atoms with Crippen LogP contribution >= 0.6 is 22.9 Å². The summed E-state index contributed by atoms with van der Waals surface area (Å²) in [5.74, 6) is -0.283. The van der Waals surface area contributed by atoms with E-state index in [-0.39, 0.29) is 10.8 Å². The van der Waals surface area contributed by atoms with E-state index < -0.39 is 10.0 Å². The highest BCUT2D eigenvalue weighted by Gasteiger charge is 2.27. The number of ether oxygens (including phenoxy) is 1. The van der Waals surface area contributed by atoms with Gasteiger partial charge in [0, 0.05) is 28.7 Å². The Labute approximate surface area is 190 Å². The molecule has 1 saturated heterocycles.